The van der Waals surface area contributed by atoms with E-state index in [1.165, 1.54) is 24.3 Å². The minimum atomic E-state index is -3.21. The van der Waals surface area contributed by atoms with E-state index in [1.807, 2.05) is 0 Å². The number of hydrogen-bond acceptors (Lipinski definition) is 3. The van der Waals surface area contributed by atoms with E-state index in [4.69, 9.17) is 0 Å². The van der Waals surface area contributed by atoms with Crippen LogP contribution in [0.5, 0.6) is 0 Å². The van der Waals surface area contributed by atoms with Crippen molar-refractivity contribution in [2.75, 3.05) is 18.1 Å². The van der Waals surface area contributed by atoms with Gasteiger partial charge in [-0.05, 0) is 43.0 Å². The number of halogens is 1. The highest BCUT2D eigenvalue weighted by Gasteiger charge is 2.09. The Bertz CT molecular complexity index is 540. The minimum absolute atomic E-state index is 0.170. The number of hydrogen-bond donors (Lipinski definition) is 1. The summed E-state index contributed by atoms with van der Waals surface area (Å²) in [6.45, 7) is 2.78. The highest BCUT2D eigenvalue weighted by molar-refractivity contribution is 9.09. The average molecular weight is 362 g/mol. The van der Waals surface area contributed by atoms with E-state index in [0.29, 0.717) is 18.0 Å². The summed E-state index contributed by atoms with van der Waals surface area (Å²) in [4.78, 5) is 12.1. The monoisotopic (exact) mass is 361 g/mol. The Morgan fingerprint density at radius 2 is 1.90 bits per heavy atom. The molecule has 1 amide bonds. The Hall–Kier alpha value is -0.880. The number of rotatable bonds is 7. The zero-order chi connectivity index (χ0) is 15.2. The van der Waals surface area contributed by atoms with E-state index in [2.05, 4.69) is 28.2 Å². The van der Waals surface area contributed by atoms with Crippen LogP contribution >= 0.6 is 15.9 Å². The Balaban J connectivity index is 2.48. The first-order valence-electron chi connectivity index (χ1n) is 6.49. The standard InChI is InChI=1S/C14H20BrNO3S/c1-11(10-15)4-3-9-16-14(17)12-5-7-13(8-6-12)20(2,18)19/h5-8,11H,3-4,9-10H2,1-2H3,(H,16,17). The van der Waals surface area contributed by atoms with Crippen LogP contribution in [0, 0.1) is 5.92 Å². The van der Waals surface area contributed by atoms with Crippen LogP contribution in [0.15, 0.2) is 29.2 Å². The molecule has 1 N–H and O–H groups in total. The normalized spacial score (nSPS) is 12.9. The van der Waals surface area contributed by atoms with Crippen molar-refractivity contribution >= 4 is 31.7 Å². The van der Waals surface area contributed by atoms with Gasteiger partial charge < -0.3 is 5.32 Å². The van der Waals surface area contributed by atoms with Crippen LogP contribution in [0.4, 0.5) is 0 Å². The van der Waals surface area contributed by atoms with E-state index >= 15 is 0 Å². The lowest BCUT2D eigenvalue weighted by Gasteiger charge is -2.08. The molecule has 1 unspecified atom stereocenters. The largest absolute Gasteiger partial charge is 0.352 e. The lowest BCUT2D eigenvalue weighted by molar-refractivity contribution is 0.0952. The summed E-state index contributed by atoms with van der Waals surface area (Å²) in [5, 5.41) is 3.80. The fourth-order valence-electron chi connectivity index (χ4n) is 1.69. The molecule has 4 nitrogen and oxygen atoms in total. The van der Waals surface area contributed by atoms with Crippen LogP contribution in [0.25, 0.3) is 0 Å². The number of nitrogens with one attached hydrogen (secondary N) is 1. The maximum atomic E-state index is 11.9. The summed E-state index contributed by atoms with van der Waals surface area (Å²) in [5.41, 5.74) is 0.478. The van der Waals surface area contributed by atoms with Crippen molar-refractivity contribution < 1.29 is 13.2 Å². The van der Waals surface area contributed by atoms with E-state index in [9.17, 15) is 13.2 Å². The van der Waals surface area contributed by atoms with Crippen LogP contribution in [0.3, 0.4) is 0 Å². The van der Waals surface area contributed by atoms with E-state index < -0.39 is 9.84 Å². The Kier molecular flexibility index (Phi) is 6.68. The molecule has 1 aromatic rings. The molecule has 0 bridgehead atoms. The third-order valence-corrected chi connectivity index (χ3v) is 5.20. The van der Waals surface area contributed by atoms with Crippen molar-refractivity contribution in [3.8, 4) is 0 Å². The molecule has 0 heterocycles. The van der Waals surface area contributed by atoms with Gasteiger partial charge >= 0.3 is 0 Å². The first-order valence-corrected chi connectivity index (χ1v) is 9.50. The van der Waals surface area contributed by atoms with Crippen molar-refractivity contribution in [2.45, 2.75) is 24.7 Å². The van der Waals surface area contributed by atoms with Crippen molar-refractivity contribution in [2.24, 2.45) is 5.92 Å². The Morgan fingerprint density at radius 1 is 1.30 bits per heavy atom. The van der Waals surface area contributed by atoms with Crippen LogP contribution in [-0.2, 0) is 9.84 Å². The zero-order valence-electron chi connectivity index (χ0n) is 11.7. The van der Waals surface area contributed by atoms with Gasteiger partial charge in [0.1, 0.15) is 0 Å². The van der Waals surface area contributed by atoms with Gasteiger partial charge in [-0.25, -0.2) is 8.42 Å². The lowest BCUT2D eigenvalue weighted by Crippen LogP contribution is -2.24. The van der Waals surface area contributed by atoms with Gasteiger partial charge in [-0.15, -0.1) is 0 Å². The summed E-state index contributed by atoms with van der Waals surface area (Å²) in [6, 6.07) is 5.98. The number of carbonyl (C=O) groups excluding carboxylic acids is 1. The van der Waals surface area contributed by atoms with Gasteiger partial charge in [0, 0.05) is 23.7 Å². The smallest absolute Gasteiger partial charge is 0.251 e. The van der Waals surface area contributed by atoms with Gasteiger partial charge in [0.05, 0.1) is 4.90 Å². The summed E-state index contributed by atoms with van der Waals surface area (Å²) < 4.78 is 22.6. The summed E-state index contributed by atoms with van der Waals surface area (Å²) in [7, 11) is -3.21. The Labute approximate surface area is 129 Å². The maximum absolute atomic E-state index is 11.9. The number of sulfone groups is 1. The second kappa shape index (κ2) is 7.78. The predicted molar refractivity (Wildman–Crippen MR) is 84.1 cm³/mol. The SMILES string of the molecule is CC(CBr)CCCNC(=O)c1ccc(S(C)(=O)=O)cc1. The summed E-state index contributed by atoms with van der Waals surface area (Å²) in [5.74, 6) is 0.428. The summed E-state index contributed by atoms with van der Waals surface area (Å²) >= 11 is 3.42. The zero-order valence-corrected chi connectivity index (χ0v) is 14.1. The molecule has 0 aliphatic carbocycles. The quantitative estimate of drug-likeness (QED) is 0.599. The topological polar surface area (TPSA) is 63.2 Å². The van der Waals surface area contributed by atoms with Crippen LogP contribution in [0.2, 0.25) is 0 Å². The van der Waals surface area contributed by atoms with Crippen LogP contribution < -0.4 is 5.32 Å². The number of carbonyl (C=O) groups is 1. The molecular formula is C14H20BrNO3S. The molecule has 112 valence electrons. The van der Waals surface area contributed by atoms with Gasteiger partial charge in [0.25, 0.3) is 5.91 Å². The van der Waals surface area contributed by atoms with E-state index in [1.54, 1.807) is 0 Å². The van der Waals surface area contributed by atoms with E-state index in [-0.39, 0.29) is 10.8 Å². The number of alkyl halides is 1. The van der Waals surface area contributed by atoms with Crippen molar-refractivity contribution in [1.29, 1.82) is 0 Å². The Morgan fingerprint density at radius 3 is 2.40 bits per heavy atom. The fourth-order valence-corrected chi connectivity index (χ4v) is 2.64. The lowest BCUT2D eigenvalue weighted by atomic mass is 10.1. The molecule has 1 rings (SSSR count). The fraction of sp³-hybridized carbons (Fsp3) is 0.500. The van der Waals surface area contributed by atoms with Gasteiger partial charge in [-0.1, -0.05) is 22.9 Å². The average Bonchev–Trinajstić information content (AvgIpc) is 2.42. The first-order chi connectivity index (χ1) is 9.34. The number of benzene rings is 1. The second-order valence-electron chi connectivity index (χ2n) is 4.95. The molecule has 0 spiro atoms. The van der Waals surface area contributed by atoms with Crippen LogP contribution in [0.1, 0.15) is 30.1 Å². The molecule has 1 atom stereocenters. The predicted octanol–water partition coefficient (Wildman–Crippen LogP) is 2.63. The van der Waals surface area contributed by atoms with Gasteiger partial charge in [0.2, 0.25) is 0 Å². The molecule has 1 aromatic carbocycles. The first kappa shape index (κ1) is 17.2. The van der Waals surface area contributed by atoms with Crippen LogP contribution in [-0.4, -0.2) is 32.5 Å². The van der Waals surface area contributed by atoms with Crippen molar-refractivity contribution in [1.82, 2.24) is 5.32 Å². The van der Waals surface area contributed by atoms with Crippen molar-refractivity contribution in [3.05, 3.63) is 29.8 Å². The van der Waals surface area contributed by atoms with E-state index in [0.717, 1.165) is 24.4 Å². The highest BCUT2D eigenvalue weighted by atomic mass is 79.9. The van der Waals surface area contributed by atoms with Gasteiger partial charge in [-0.2, -0.15) is 0 Å². The maximum Gasteiger partial charge on any atom is 0.251 e. The third kappa shape index (κ3) is 5.63. The molecule has 0 saturated heterocycles. The van der Waals surface area contributed by atoms with Crippen molar-refractivity contribution in [3.63, 3.8) is 0 Å². The molecule has 0 aliphatic rings. The minimum Gasteiger partial charge on any atom is -0.352 e. The third-order valence-electron chi connectivity index (χ3n) is 2.97. The molecule has 0 radical (unpaired) electrons. The van der Waals surface area contributed by atoms with Gasteiger partial charge in [-0.3, -0.25) is 4.79 Å². The molecule has 0 fully saturated rings. The molecule has 6 heteroatoms. The second-order valence-corrected chi connectivity index (χ2v) is 7.62. The highest BCUT2D eigenvalue weighted by Crippen LogP contribution is 2.11. The molecule has 20 heavy (non-hydrogen) atoms. The number of amides is 1. The molecule has 0 aromatic heterocycles. The molecule has 0 saturated carbocycles. The molecule has 0 aliphatic heterocycles. The summed E-state index contributed by atoms with van der Waals surface area (Å²) in [6.07, 6.45) is 3.13. The molecular weight excluding hydrogens is 342 g/mol. The van der Waals surface area contributed by atoms with Gasteiger partial charge in [0.15, 0.2) is 9.84 Å².